The molecule has 0 saturated carbocycles. The second-order valence-corrected chi connectivity index (χ2v) is 4.59. The molecule has 18 heavy (non-hydrogen) atoms. The molecule has 0 unspecified atom stereocenters. The zero-order valence-electron chi connectivity index (χ0n) is 10.1. The average molecular weight is 272 g/mol. The summed E-state index contributed by atoms with van der Waals surface area (Å²) in [6.45, 7) is 4.11. The Morgan fingerprint density at radius 1 is 1.39 bits per heavy atom. The average Bonchev–Trinajstić information content (AvgIpc) is 2.25. The monoisotopic (exact) mass is 271 g/mol. The van der Waals surface area contributed by atoms with Gasteiger partial charge in [0.25, 0.3) is 0 Å². The van der Waals surface area contributed by atoms with Gasteiger partial charge in [0.1, 0.15) is 0 Å². The Hall–Kier alpha value is -1.75. The summed E-state index contributed by atoms with van der Waals surface area (Å²) in [6, 6.07) is 4.06. The van der Waals surface area contributed by atoms with E-state index in [2.05, 4.69) is 5.32 Å². The zero-order chi connectivity index (χ0) is 13.7. The normalized spacial score (nSPS) is 10.2. The Morgan fingerprint density at radius 2 is 2.06 bits per heavy atom. The first kappa shape index (κ1) is 14.3. The number of rotatable bonds is 4. The molecule has 98 valence electrons. The number of amides is 1. The summed E-state index contributed by atoms with van der Waals surface area (Å²) in [7, 11) is 0. The molecular formula is C12H14ClNO4. The van der Waals surface area contributed by atoms with Crippen LogP contribution in [0.4, 0.5) is 10.5 Å². The SMILES string of the molecule is CC(C)COC(=O)Nc1cc(Cl)cc(C(=O)O)c1. The number of benzene rings is 1. The Labute approximate surface area is 110 Å². The Kier molecular flexibility index (Phi) is 4.97. The van der Waals surface area contributed by atoms with Gasteiger partial charge in [-0.05, 0) is 24.1 Å². The third-order valence-electron chi connectivity index (χ3n) is 1.94. The first-order valence-electron chi connectivity index (χ1n) is 5.36. The maximum Gasteiger partial charge on any atom is 0.411 e. The third kappa shape index (κ3) is 4.63. The minimum absolute atomic E-state index is 0.00154. The molecule has 0 aliphatic carbocycles. The number of carboxylic acid groups (broad SMARTS) is 1. The van der Waals surface area contributed by atoms with Crippen molar-refractivity contribution < 1.29 is 19.4 Å². The lowest BCUT2D eigenvalue weighted by Crippen LogP contribution is -2.16. The lowest BCUT2D eigenvalue weighted by atomic mass is 10.2. The number of carboxylic acids is 1. The van der Waals surface area contributed by atoms with Crippen molar-refractivity contribution in [1.82, 2.24) is 0 Å². The highest BCUT2D eigenvalue weighted by Crippen LogP contribution is 2.19. The summed E-state index contributed by atoms with van der Waals surface area (Å²) in [5, 5.41) is 11.5. The van der Waals surface area contributed by atoms with Gasteiger partial charge in [-0.2, -0.15) is 0 Å². The molecular weight excluding hydrogens is 258 g/mol. The van der Waals surface area contributed by atoms with Crippen LogP contribution in [0.15, 0.2) is 18.2 Å². The molecule has 0 spiro atoms. The molecule has 1 aromatic rings. The van der Waals surface area contributed by atoms with Crippen molar-refractivity contribution in [2.45, 2.75) is 13.8 Å². The highest BCUT2D eigenvalue weighted by atomic mass is 35.5. The number of carbonyl (C=O) groups excluding carboxylic acids is 1. The second kappa shape index (κ2) is 6.26. The van der Waals surface area contributed by atoms with Crippen molar-refractivity contribution in [3.63, 3.8) is 0 Å². The van der Waals surface area contributed by atoms with Crippen molar-refractivity contribution in [3.05, 3.63) is 28.8 Å². The Morgan fingerprint density at radius 3 is 2.61 bits per heavy atom. The van der Waals surface area contributed by atoms with Gasteiger partial charge in [-0.1, -0.05) is 25.4 Å². The van der Waals surface area contributed by atoms with Gasteiger partial charge in [0, 0.05) is 10.7 Å². The van der Waals surface area contributed by atoms with Gasteiger partial charge in [0.2, 0.25) is 0 Å². The molecule has 0 aromatic heterocycles. The van der Waals surface area contributed by atoms with E-state index in [1.165, 1.54) is 18.2 Å². The van der Waals surface area contributed by atoms with E-state index in [1.54, 1.807) is 0 Å². The fraction of sp³-hybridized carbons (Fsp3) is 0.333. The van der Waals surface area contributed by atoms with E-state index < -0.39 is 12.1 Å². The van der Waals surface area contributed by atoms with Crippen molar-refractivity contribution in [1.29, 1.82) is 0 Å². The topological polar surface area (TPSA) is 75.6 Å². The summed E-state index contributed by atoms with van der Waals surface area (Å²) < 4.78 is 4.91. The van der Waals surface area contributed by atoms with E-state index in [4.69, 9.17) is 21.4 Å². The molecule has 0 bridgehead atoms. The molecule has 0 heterocycles. The van der Waals surface area contributed by atoms with Crippen LogP contribution in [0, 0.1) is 5.92 Å². The van der Waals surface area contributed by atoms with Crippen molar-refractivity contribution in [3.8, 4) is 0 Å². The fourth-order valence-corrected chi connectivity index (χ4v) is 1.42. The van der Waals surface area contributed by atoms with Crippen LogP contribution >= 0.6 is 11.6 Å². The van der Waals surface area contributed by atoms with Gasteiger partial charge in [-0.3, -0.25) is 5.32 Å². The first-order chi connectivity index (χ1) is 8.38. The fourth-order valence-electron chi connectivity index (χ4n) is 1.18. The van der Waals surface area contributed by atoms with Crippen molar-refractivity contribution in [2.24, 2.45) is 5.92 Å². The third-order valence-corrected chi connectivity index (χ3v) is 2.16. The largest absolute Gasteiger partial charge is 0.478 e. The number of aromatic carboxylic acids is 1. The lowest BCUT2D eigenvalue weighted by Gasteiger charge is -2.09. The first-order valence-corrected chi connectivity index (χ1v) is 5.74. The number of carbonyl (C=O) groups is 2. The summed E-state index contributed by atoms with van der Waals surface area (Å²) >= 11 is 5.75. The van der Waals surface area contributed by atoms with E-state index >= 15 is 0 Å². The zero-order valence-corrected chi connectivity index (χ0v) is 10.8. The lowest BCUT2D eigenvalue weighted by molar-refractivity contribution is 0.0696. The van der Waals surface area contributed by atoms with Crippen LogP contribution in [0.1, 0.15) is 24.2 Å². The van der Waals surface area contributed by atoms with Gasteiger partial charge in [-0.15, -0.1) is 0 Å². The van der Waals surface area contributed by atoms with Crippen LogP contribution in [0.3, 0.4) is 0 Å². The highest BCUT2D eigenvalue weighted by Gasteiger charge is 2.09. The Bertz CT molecular complexity index is 459. The Balaban J connectivity index is 2.72. The van der Waals surface area contributed by atoms with Gasteiger partial charge < -0.3 is 9.84 Å². The van der Waals surface area contributed by atoms with Gasteiger partial charge in [0.05, 0.1) is 12.2 Å². The molecule has 0 aliphatic rings. The van der Waals surface area contributed by atoms with Crippen LogP contribution in [0.25, 0.3) is 0 Å². The van der Waals surface area contributed by atoms with Crippen LogP contribution in [0.5, 0.6) is 0 Å². The maximum absolute atomic E-state index is 11.4. The second-order valence-electron chi connectivity index (χ2n) is 4.15. The number of hydrogen-bond acceptors (Lipinski definition) is 3. The van der Waals surface area contributed by atoms with Crippen LogP contribution < -0.4 is 5.32 Å². The smallest absolute Gasteiger partial charge is 0.411 e. The molecule has 1 rings (SSSR count). The maximum atomic E-state index is 11.4. The predicted molar refractivity (Wildman–Crippen MR) is 68.2 cm³/mol. The summed E-state index contributed by atoms with van der Waals surface area (Å²) in [6.07, 6.45) is -0.637. The highest BCUT2D eigenvalue weighted by molar-refractivity contribution is 6.31. The summed E-state index contributed by atoms with van der Waals surface area (Å²) in [5.41, 5.74) is 0.287. The van der Waals surface area contributed by atoms with E-state index in [1.807, 2.05) is 13.8 Å². The predicted octanol–water partition coefficient (Wildman–Crippen LogP) is 3.24. The molecule has 0 atom stereocenters. The number of hydrogen-bond donors (Lipinski definition) is 2. The van der Waals surface area contributed by atoms with E-state index in [0.29, 0.717) is 0 Å². The molecule has 1 amide bonds. The molecule has 0 aliphatic heterocycles. The summed E-state index contributed by atoms with van der Waals surface area (Å²) in [4.78, 5) is 22.2. The molecule has 0 radical (unpaired) electrons. The van der Waals surface area contributed by atoms with E-state index in [0.717, 1.165) is 0 Å². The number of ether oxygens (including phenoxy) is 1. The van der Waals surface area contributed by atoms with E-state index in [9.17, 15) is 9.59 Å². The van der Waals surface area contributed by atoms with Gasteiger partial charge >= 0.3 is 12.1 Å². The number of anilines is 1. The standard InChI is InChI=1S/C12H14ClNO4/c1-7(2)6-18-12(17)14-10-4-8(11(15)16)3-9(13)5-10/h3-5,7H,6H2,1-2H3,(H,14,17)(H,15,16). The molecule has 0 fully saturated rings. The minimum Gasteiger partial charge on any atom is -0.478 e. The van der Waals surface area contributed by atoms with Gasteiger partial charge in [0.15, 0.2) is 0 Å². The van der Waals surface area contributed by atoms with Crippen LogP contribution in [0.2, 0.25) is 5.02 Å². The van der Waals surface area contributed by atoms with Crippen LogP contribution in [-0.4, -0.2) is 23.8 Å². The molecule has 2 N–H and O–H groups in total. The van der Waals surface area contributed by atoms with Crippen molar-refractivity contribution in [2.75, 3.05) is 11.9 Å². The molecule has 1 aromatic carbocycles. The van der Waals surface area contributed by atoms with Crippen LogP contribution in [-0.2, 0) is 4.74 Å². The van der Waals surface area contributed by atoms with Gasteiger partial charge in [-0.25, -0.2) is 9.59 Å². The number of halogens is 1. The number of nitrogens with one attached hydrogen (secondary N) is 1. The quantitative estimate of drug-likeness (QED) is 0.881. The van der Waals surface area contributed by atoms with Crippen molar-refractivity contribution >= 4 is 29.4 Å². The minimum atomic E-state index is -1.11. The molecule has 5 nitrogen and oxygen atoms in total. The molecule has 0 saturated heterocycles. The molecule has 6 heteroatoms. The van der Waals surface area contributed by atoms with E-state index in [-0.39, 0.29) is 28.8 Å². The summed E-state index contributed by atoms with van der Waals surface area (Å²) in [5.74, 6) is -0.888.